The predicted molar refractivity (Wildman–Crippen MR) is 62.6 cm³/mol. The number of hydrogen-bond donors (Lipinski definition) is 2. The van der Waals surface area contributed by atoms with E-state index in [2.05, 4.69) is 14.3 Å². The van der Waals surface area contributed by atoms with Gasteiger partial charge in [0.2, 0.25) is 11.1 Å². The molecule has 3 N–H and O–H groups in total. The molecule has 0 aliphatic carbocycles. The van der Waals surface area contributed by atoms with Gasteiger partial charge in [0.1, 0.15) is 0 Å². The van der Waals surface area contributed by atoms with Crippen molar-refractivity contribution in [2.45, 2.75) is 25.6 Å². The van der Waals surface area contributed by atoms with E-state index in [1.54, 1.807) is 0 Å². The smallest absolute Gasteiger partial charge is 0.233 e. The number of aromatic nitrogens is 2. The second-order valence-electron chi connectivity index (χ2n) is 4.50. The van der Waals surface area contributed by atoms with Crippen molar-refractivity contribution in [1.82, 2.24) is 9.36 Å². The molecular weight excluding hydrogens is 228 g/mol. The third kappa shape index (κ3) is 2.42. The Kier molecular flexibility index (Phi) is 3.00. The van der Waals surface area contributed by atoms with E-state index in [4.69, 9.17) is 10.5 Å². The van der Waals surface area contributed by atoms with Crippen molar-refractivity contribution in [1.29, 1.82) is 0 Å². The average Bonchev–Trinajstić information content (AvgIpc) is 2.62. The van der Waals surface area contributed by atoms with E-state index >= 15 is 0 Å². The number of aliphatic hydroxyl groups is 1. The monoisotopic (exact) mass is 244 g/mol. The highest BCUT2D eigenvalue weighted by Crippen LogP contribution is 2.27. The highest BCUT2D eigenvalue weighted by molar-refractivity contribution is 7.09. The highest BCUT2D eigenvalue weighted by Gasteiger charge is 2.34. The maximum atomic E-state index is 9.18. The molecule has 2 heterocycles. The van der Waals surface area contributed by atoms with Crippen LogP contribution >= 0.6 is 11.5 Å². The third-order valence-corrected chi connectivity index (χ3v) is 3.18. The third-order valence-electron chi connectivity index (χ3n) is 2.39. The molecule has 1 unspecified atom stereocenters. The average molecular weight is 244 g/mol. The van der Waals surface area contributed by atoms with Crippen LogP contribution in [0.2, 0.25) is 0 Å². The van der Waals surface area contributed by atoms with Crippen molar-refractivity contribution in [3.05, 3.63) is 0 Å². The Hall–Kier alpha value is -0.920. The van der Waals surface area contributed by atoms with Gasteiger partial charge in [-0.15, -0.1) is 0 Å². The zero-order chi connectivity index (χ0) is 11.8. The van der Waals surface area contributed by atoms with Crippen molar-refractivity contribution in [2.75, 3.05) is 30.3 Å². The molecule has 90 valence electrons. The van der Waals surface area contributed by atoms with Gasteiger partial charge in [0.25, 0.3) is 0 Å². The van der Waals surface area contributed by atoms with Crippen molar-refractivity contribution < 1.29 is 9.84 Å². The fourth-order valence-electron chi connectivity index (χ4n) is 1.89. The lowest BCUT2D eigenvalue weighted by molar-refractivity contribution is -0.101. The Morgan fingerprint density at radius 1 is 1.69 bits per heavy atom. The van der Waals surface area contributed by atoms with Gasteiger partial charge in [0, 0.05) is 24.6 Å². The number of rotatable bonds is 2. The summed E-state index contributed by atoms with van der Waals surface area (Å²) in [5.74, 6) is 0.296. The number of morpholine rings is 1. The highest BCUT2D eigenvalue weighted by atomic mass is 32.1. The van der Waals surface area contributed by atoms with Crippen LogP contribution in [0.3, 0.4) is 0 Å². The van der Waals surface area contributed by atoms with Gasteiger partial charge < -0.3 is 20.5 Å². The number of anilines is 2. The first-order valence-electron chi connectivity index (χ1n) is 5.13. The van der Waals surface area contributed by atoms with Gasteiger partial charge >= 0.3 is 0 Å². The first-order chi connectivity index (χ1) is 7.50. The lowest BCUT2D eigenvalue weighted by Gasteiger charge is -2.41. The molecule has 1 aliphatic rings. The fourth-order valence-corrected chi connectivity index (χ4v) is 2.50. The molecule has 0 radical (unpaired) electrons. The molecule has 1 aromatic rings. The SMILES string of the molecule is CC1(C)CN(c2nc(N)ns2)CC(CO)O1. The molecule has 1 atom stereocenters. The Morgan fingerprint density at radius 2 is 2.44 bits per heavy atom. The summed E-state index contributed by atoms with van der Waals surface area (Å²) in [5, 5.41) is 9.97. The van der Waals surface area contributed by atoms with Gasteiger partial charge in [-0.25, -0.2) is 0 Å². The van der Waals surface area contributed by atoms with E-state index < -0.39 is 0 Å². The number of nitrogens with zero attached hydrogens (tertiary/aromatic N) is 3. The summed E-state index contributed by atoms with van der Waals surface area (Å²) in [6.07, 6.45) is -0.186. The summed E-state index contributed by atoms with van der Waals surface area (Å²) in [6.45, 7) is 5.33. The molecule has 0 amide bonds. The van der Waals surface area contributed by atoms with E-state index in [1.807, 2.05) is 13.8 Å². The molecule has 0 saturated carbocycles. The quantitative estimate of drug-likeness (QED) is 0.767. The maximum Gasteiger partial charge on any atom is 0.233 e. The summed E-state index contributed by atoms with van der Waals surface area (Å²) in [6, 6.07) is 0. The van der Waals surface area contributed by atoms with Crippen LogP contribution in [0.25, 0.3) is 0 Å². The molecule has 0 spiro atoms. The predicted octanol–water partition coefficient (Wildman–Crippen LogP) is 0.0964. The molecule has 16 heavy (non-hydrogen) atoms. The first-order valence-corrected chi connectivity index (χ1v) is 5.90. The van der Waals surface area contributed by atoms with E-state index in [0.29, 0.717) is 12.5 Å². The second kappa shape index (κ2) is 4.15. The molecule has 6 nitrogen and oxygen atoms in total. The minimum atomic E-state index is -0.300. The largest absolute Gasteiger partial charge is 0.394 e. The van der Waals surface area contributed by atoms with Crippen LogP contribution in [0.5, 0.6) is 0 Å². The molecule has 1 saturated heterocycles. The van der Waals surface area contributed by atoms with E-state index in [-0.39, 0.29) is 18.3 Å². The van der Waals surface area contributed by atoms with Gasteiger partial charge in [-0.2, -0.15) is 9.36 Å². The summed E-state index contributed by atoms with van der Waals surface area (Å²) in [5.41, 5.74) is 5.20. The summed E-state index contributed by atoms with van der Waals surface area (Å²) in [7, 11) is 0. The summed E-state index contributed by atoms with van der Waals surface area (Å²) < 4.78 is 9.67. The minimum Gasteiger partial charge on any atom is -0.394 e. The van der Waals surface area contributed by atoms with Crippen molar-refractivity contribution in [3.8, 4) is 0 Å². The van der Waals surface area contributed by atoms with Crippen LogP contribution in [0.4, 0.5) is 11.1 Å². The molecule has 2 rings (SSSR count). The van der Waals surface area contributed by atoms with Crippen molar-refractivity contribution >= 4 is 22.6 Å². The Morgan fingerprint density at radius 3 is 3.00 bits per heavy atom. The lowest BCUT2D eigenvalue weighted by atomic mass is 10.1. The van der Waals surface area contributed by atoms with Crippen LogP contribution in [0.15, 0.2) is 0 Å². The van der Waals surface area contributed by atoms with Crippen LogP contribution < -0.4 is 10.6 Å². The van der Waals surface area contributed by atoms with Gasteiger partial charge in [-0.05, 0) is 13.8 Å². The van der Waals surface area contributed by atoms with Crippen LogP contribution in [0, 0.1) is 0 Å². The van der Waals surface area contributed by atoms with Gasteiger partial charge in [-0.1, -0.05) is 0 Å². The second-order valence-corrected chi connectivity index (χ2v) is 5.23. The van der Waals surface area contributed by atoms with Crippen LogP contribution in [-0.2, 0) is 4.74 Å². The topological polar surface area (TPSA) is 84.5 Å². The summed E-state index contributed by atoms with van der Waals surface area (Å²) >= 11 is 1.27. The molecule has 0 aromatic carbocycles. The van der Waals surface area contributed by atoms with Crippen molar-refractivity contribution in [2.24, 2.45) is 0 Å². The zero-order valence-electron chi connectivity index (χ0n) is 9.38. The van der Waals surface area contributed by atoms with Gasteiger partial charge in [0.15, 0.2) is 0 Å². The molecule has 1 fully saturated rings. The standard InChI is InChI=1S/C9H16N4O2S/c1-9(2)5-13(3-6(4-14)15-9)8-11-7(10)12-16-8/h6,14H,3-5H2,1-2H3,(H2,10,12). The number of hydrogen-bond acceptors (Lipinski definition) is 7. The summed E-state index contributed by atoms with van der Waals surface area (Å²) in [4.78, 5) is 6.20. The number of ether oxygens (including phenoxy) is 1. The van der Waals surface area contributed by atoms with Crippen LogP contribution in [-0.4, -0.2) is 45.9 Å². The molecule has 1 aliphatic heterocycles. The molecular formula is C9H16N4O2S. The Bertz CT molecular complexity index is 368. The van der Waals surface area contributed by atoms with E-state index in [9.17, 15) is 5.11 Å². The number of nitrogen functional groups attached to an aromatic ring is 1. The number of nitrogens with two attached hydrogens (primary N) is 1. The van der Waals surface area contributed by atoms with E-state index in [1.165, 1.54) is 11.5 Å². The van der Waals surface area contributed by atoms with Gasteiger partial charge in [-0.3, -0.25) is 0 Å². The zero-order valence-corrected chi connectivity index (χ0v) is 10.2. The van der Waals surface area contributed by atoms with Crippen LogP contribution in [0.1, 0.15) is 13.8 Å². The first kappa shape index (κ1) is 11.6. The molecule has 1 aromatic heterocycles. The lowest BCUT2D eigenvalue weighted by Crippen LogP contribution is -2.54. The minimum absolute atomic E-state index is 0.00815. The van der Waals surface area contributed by atoms with Gasteiger partial charge in [0.05, 0.1) is 18.3 Å². The Balaban J connectivity index is 2.15. The Labute approximate surface area is 98.2 Å². The maximum absolute atomic E-state index is 9.18. The normalized spacial score (nSPS) is 24.7. The van der Waals surface area contributed by atoms with E-state index in [0.717, 1.165) is 11.7 Å². The molecule has 7 heteroatoms. The number of aliphatic hydroxyl groups excluding tert-OH is 1. The molecule has 0 bridgehead atoms. The van der Waals surface area contributed by atoms with Crippen molar-refractivity contribution in [3.63, 3.8) is 0 Å². The fraction of sp³-hybridized carbons (Fsp3) is 0.778.